The van der Waals surface area contributed by atoms with Crippen molar-refractivity contribution in [2.75, 3.05) is 32.8 Å². The van der Waals surface area contributed by atoms with Crippen molar-refractivity contribution in [2.45, 2.75) is 0 Å². The van der Waals surface area contributed by atoms with Gasteiger partial charge in [-0.1, -0.05) is 0 Å². The highest BCUT2D eigenvalue weighted by Gasteiger charge is 1.98. The fraction of sp³-hybridized carbons (Fsp3) is 0.625. The predicted molar refractivity (Wildman–Crippen MR) is 45.8 cm³/mol. The van der Waals surface area contributed by atoms with Gasteiger partial charge in [-0.15, -0.1) is 0 Å². The number of hydrogen-bond donors (Lipinski definition) is 2. The fourth-order valence-corrected chi connectivity index (χ4v) is 0.926. The average molecular weight is 170 g/mol. The van der Waals surface area contributed by atoms with Crippen LogP contribution in [0, 0.1) is 0 Å². The maximum atomic E-state index is 9.93. The molecule has 2 heterocycles. The molecule has 68 valence electrons. The van der Waals surface area contributed by atoms with E-state index in [-0.39, 0.29) is 5.97 Å². The largest absolute Gasteiger partial charge is 0.458 e. The Balaban J connectivity index is 0.000000120. The molecule has 1 fully saturated rings. The first kappa shape index (κ1) is 9.22. The van der Waals surface area contributed by atoms with Crippen molar-refractivity contribution >= 4 is 5.97 Å². The highest BCUT2D eigenvalue weighted by Crippen LogP contribution is 1.89. The van der Waals surface area contributed by atoms with Crippen molar-refractivity contribution in [3.63, 3.8) is 0 Å². The number of esters is 1. The SMILES string of the molecule is C1CNCCN1.O=C1C=CCO1. The van der Waals surface area contributed by atoms with Gasteiger partial charge < -0.3 is 15.4 Å². The van der Waals surface area contributed by atoms with Gasteiger partial charge in [0, 0.05) is 32.3 Å². The Morgan fingerprint density at radius 1 is 1.17 bits per heavy atom. The van der Waals surface area contributed by atoms with E-state index < -0.39 is 0 Å². The van der Waals surface area contributed by atoms with E-state index in [1.165, 1.54) is 6.08 Å². The van der Waals surface area contributed by atoms with Crippen LogP contribution in [0.15, 0.2) is 12.2 Å². The second-order valence-electron chi connectivity index (χ2n) is 2.53. The van der Waals surface area contributed by atoms with Gasteiger partial charge in [0.25, 0.3) is 0 Å². The Bertz CT molecular complexity index is 153. The van der Waals surface area contributed by atoms with E-state index >= 15 is 0 Å². The van der Waals surface area contributed by atoms with Gasteiger partial charge in [-0.25, -0.2) is 4.79 Å². The van der Waals surface area contributed by atoms with Gasteiger partial charge in [-0.05, 0) is 6.08 Å². The minimum atomic E-state index is -0.227. The summed E-state index contributed by atoms with van der Waals surface area (Å²) in [4.78, 5) is 9.93. The van der Waals surface area contributed by atoms with E-state index in [9.17, 15) is 4.79 Å². The Labute approximate surface area is 72.0 Å². The van der Waals surface area contributed by atoms with Crippen LogP contribution in [-0.4, -0.2) is 38.8 Å². The first-order valence-corrected chi connectivity index (χ1v) is 4.14. The van der Waals surface area contributed by atoms with Crippen LogP contribution >= 0.6 is 0 Å². The third kappa shape index (κ3) is 4.10. The maximum Gasteiger partial charge on any atom is 0.330 e. The quantitative estimate of drug-likeness (QED) is 0.471. The van der Waals surface area contributed by atoms with Crippen LogP contribution in [-0.2, 0) is 9.53 Å². The molecule has 0 unspecified atom stereocenters. The summed E-state index contributed by atoms with van der Waals surface area (Å²) in [6.45, 7) is 5.01. The summed E-state index contributed by atoms with van der Waals surface area (Å²) in [5.74, 6) is -0.227. The van der Waals surface area contributed by atoms with E-state index in [2.05, 4.69) is 15.4 Å². The van der Waals surface area contributed by atoms with Crippen LogP contribution in [0.4, 0.5) is 0 Å². The Hall–Kier alpha value is -0.870. The van der Waals surface area contributed by atoms with Crippen LogP contribution in [0.25, 0.3) is 0 Å². The van der Waals surface area contributed by atoms with Gasteiger partial charge in [0.05, 0.1) is 0 Å². The van der Waals surface area contributed by atoms with Crippen molar-refractivity contribution in [1.82, 2.24) is 10.6 Å². The van der Waals surface area contributed by atoms with Crippen LogP contribution in [0.1, 0.15) is 0 Å². The summed E-state index contributed by atoms with van der Waals surface area (Å²) in [6.07, 6.45) is 3.10. The lowest BCUT2D eigenvalue weighted by molar-refractivity contribution is -0.134. The molecule has 4 heteroatoms. The molecule has 1 saturated heterocycles. The second kappa shape index (κ2) is 5.74. The minimum absolute atomic E-state index is 0.227. The van der Waals surface area contributed by atoms with Gasteiger partial charge in [0.15, 0.2) is 0 Å². The Kier molecular flexibility index (Phi) is 4.41. The third-order valence-corrected chi connectivity index (χ3v) is 1.53. The molecule has 2 rings (SSSR count). The zero-order chi connectivity index (χ0) is 8.65. The molecule has 0 bridgehead atoms. The lowest BCUT2D eigenvalue weighted by Crippen LogP contribution is -2.39. The molecule has 4 nitrogen and oxygen atoms in total. The lowest BCUT2D eigenvalue weighted by Gasteiger charge is -2.11. The van der Waals surface area contributed by atoms with Crippen LogP contribution < -0.4 is 10.6 Å². The topological polar surface area (TPSA) is 50.4 Å². The van der Waals surface area contributed by atoms with Crippen LogP contribution in [0.2, 0.25) is 0 Å². The summed E-state index contributed by atoms with van der Waals surface area (Å²) in [5.41, 5.74) is 0. The van der Waals surface area contributed by atoms with E-state index in [0.29, 0.717) is 6.61 Å². The molecule has 0 radical (unpaired) electrons. The summed E-state index contributed by atoms with van der Waals surface area (Å²) < 4.78 is 4.40. The predicted octanol–water partition coefficient (Wildman–Crippen LogP) is -0.721. The molecular formula is C8H14N2O2. The lowest BCUT2D eigenvalue weighted by atomic mass is 10.4. The van der Waals surface area contributed by atoms with Crippen LogP contribution in [0.3, 0.4) is 0 Å². The number of carbonyl (C=O) groups excluding carboxylic acids is 1. The molecule has 0 aromatic rings. The van der Waals surface area contributed by atoms with Gasteiger partial charge >= 0.3 is 5.97 Å². The number of rotatable bonds is 0. The monoisotopic (exact) mass is 170 g/mol. The molecule has 0 atom stereocenters. The minimum Gasteiger partial charge on any atom is -0.458 e. The number of ether oxygens (including phenoxy) is 1. The number of nitrogens with one attached hydrogen (secondary N) is 2. The maximum absolute atomic E-state index is 9.93. The zero-order valence-electron chi connectivity index (χ0n) is 7.01. The van der Waals surface area contributed by atoms with Gasteiger partial charge in [0.1, 0.15) is 6.61 Å². The van der Waals surface area contributed by atoms with Crippen molar-refractivity contribution < 1.29 is 9.53 Å². The first-order chi connectivity index (χ1) is 5.89. The van der Waals surface area contributed by atoms with Crippen molar-refractivity contribution in [3.05, 3.63) is 12.2 Å². The van der Waals surface area contributed by atoms with E-state index in [0.717, 1.165) is 26.2 Å². The van der Waals surface area contributed by atoms with Gasteiger partial charge in [-0.3, -0.25) is 0 Å². The zero-order valence-corrected chi connectivity index (χ0v) is 7.01. The molecule has 12 heavy (non-hydrogen) atoms. The summed E-state index contributed by atoms with van der Waals surface area (Å²) in [5, 5.41) is 6.44. The molecule has 2 aliphatic heterocycles. The normalized spacial score (nSPS) is 21.2. The third-order valence-electron chi connectivity index (χ3n) is 1.53. The van der Waals surface area contributed by atoms with Crippen molar-refractivity contribution in [1.29, 1.82) is 0 Å². The van der Waals surface area contributed by atoms with E-state index in [1.807, 2.05) is 0 Å². The Morgan fingerprint density at radius 2 is 1.75 bits per heavy atom. The molecular weight excluding hydrogens is 156 g/mol. The number of piperazine rings is 1. The summed E-state index contributed by atoms with van der Waals surface area (Å²) in [7, 11) is 0. The van der Waals surface area contributed by atoms with Crippen molar-refractivity contribution in [3.8, 4) is 0 Å². The highest BCUT2D eigenvalue weighted by molar-refractivity contribution is 5.83. The highest BCUT2D eigenvalue weighted by atomic mass is 16.5. The molecule has 0 aromatic heterocycles. The Morgan fingerprint density at radius 3 is 1.92 bits per heavy atom. The molecule has 0 aliphatic carbocycles. The van der Waals surface area contributed by atoms with Crippen molar-refractivity contribution in [2.24, 2.45) is 0 Å². The van der Waals surface area contributed by atoms with Gasteiger partial charge in [-0.2, -0.15) is 0 Å². The van der Waals surface area contributed by atoms with E-state index in [4.69, 9.17) is 0 Å². The second-order valence-corrected chi connectivity index (χ2v) is 2.53. The molecule has 0 amide bonds. The number of hydrogen-bond acceptors (Lipinski definition) is 4. The fourth-order valence-electron chi connectivity index (χ4n) is 0.926. The summed E-state index contributed by atoms with van der Waals surface area (Å²) >= 11 is 0. The standard InChI is InChI=1S/C4H10N2.C4H4O2/c1-2-6-4-3-5-1;5-4-2-1-3-6-4/h5-6H,1-4H2;1-2H,3H2. The van der Waals surface area contributed by atoms with E-state index in [1.54, 1.807) is 6.08 Å². The van der Waals surface area contributed by atoms with Crippen LogP contribution in [0.5, 0.6) is 0 Å². The molecule has 2 N–H and O–H groups in total. The molecule has 0 aromatic carbocycles. The first-order valence-electron chi connectivity index (χ1n) is 4.14. The smallest absolute Gasteiger partial charge is 0.330 e. The average Bonchev–Trinajstić information content (AvgIpc) is 2.60. The van der Waals surface area contributed by atoms with Gasteiger partial charge in [0.2, 0.25) is 0 Å². The molecule has 0 spiro atoms. The number of cyclic esters (lactones) is 1. The molecule has 0 saturated carbocycles. The summed E-state index contributed by atoms with van der Waals surface area (Å²) in [6, 6.07) is 0. The number of carbonyl (C=O) groups is 1. The molecule has 2 aliphatic rings.